The number of aryl methyl sites for hydroxylation is 1. The molecule has 0 amide bonds. The van der Waals surface area contributed by atoms with Crippen molar-refractivity contribution < 1.29 is 5.11 Å². The first kappa shape index (κ1) is 12.1. The maximum absolute atomic E-state index is 9.37. The number of aliphatic hydroxyl groups excluding tert-OH is 1. The van der Waals surface area contributed by atoms with Gasteiger partial charge in [0.2, 0.25) is 0 Å². The molecule has 1 aromatic heterocycles. The molecule has 0 fully saturated rings. The molecule has 2 N–H and O–H groups in total. The van der Waals surface area contributed by atoms with Crippen molar-refractivity contribution in [3.63, 3.8) is 0 Å². The van der Waals surface area contributed by atoms with Crippen molar-refractivity contribution in [1.82, 2.24) is 5.32 Å². The fourth-order valence-corrected chi connectivity index (χ4v) is 3.36. The molecule has 0 bridgehead atoms. The lowest BCUT2D eigenvalue weighted by molar-refractivity contribution is 0.195. The summed E-state index contributed by atoms with van der Waals surface area (Å²) in [6.07, 6.45) is 3.70. The van der Waals surface area contributed by atoms with E-state index in [1.165, 1.54) is 29.7 Å². The molecule has 0 radical (unpaired) electrons. The summed E-state index contributed by atoms with van der Waals surface area (Å²) in [4.78, 5) is 1.53. The zero-order valence-electron chi connectivity index (χ0n) is 10.1. The van der Waals surface area contributed by atoms with Crippen LogP contribution in [-0.4, -0.2) is 17.8 Å². The van der Waals surface area contributed by atoms with Gasteiger partial charge in [-0.2, -0.15) is 0 Å². The van der Waals surface area contributed by atoms with E-state index in [0.717, 1.165) is 0 Å². The molecule has 0 aliphatic heterocycles. The van der Waals surface area contributed by atoms with Crippen LogP contribution in [0.2, 0.25) is 0 Å². The summed E-state index contributed by atoms with van der Waals surface area (Å²) in [5.41, 5.74) is 1.47. The van der Waals surface area contributed by atoms with Gasteiger partial charge in [-0.1, -0.05) is 13.8 Å². The average molecular weight is 239 g/mol. The summed E-state index contributed by atoms with van der Waals surface area (Å²) in [5.74, 6) is 0.481. The minimum Gasteiger partial charge on any atom is -0.395 e. The second kappa shape index (κ2) is 5.30. The van der Waals surface area contributed by atoms with Crippen LogP contribution in [0.1, 0.15) is 43.2 Å². The first-order valence-electron chi connectivity index (χ1n) is 6.15. The number of rotatable bonds is 4. The van der Waals surface area contributed by atoms with Crippen LogP contribution in [0.4, 0.5) is 0 Å². The van der Waals surface area contributed by atoms with E-state index in [4.69, 9.17) is 0 Å². The lowest BCUT2D eigenvalue weighted by Gasteiger charge is -2.30. The number of aliphatic hydroxyl groups is 1. The Bertz CT molecular complexity index is 334. The van der Waals surface area contributed by atoms with E-state index in [9.17, 15) is 5.11 Å². The molecule has 2 rings (SSSR count). The summed E-state index contributed by atoms with van der Waals surface area (Å²) in [6, 6.07) is 2.91. The lowest BCUT2D eigenvalue weighted by Crippen LogP contribution is -2.40. The molecule has 1 aliphatic rings. The summed E-state index contributed by atoms with van der Waals surface area (Å²) in [7, 11) is 0. The zero-order chi connectivity index (χ0) is 11.5. The Morgan fingerprint density at radius 2 is 2.38 bits per heavy atom. The van der Waals surface area contributed by atoms with Crippen molar-refractivity contribution in [2.24, 2.45) is 5.92 Å². The first-order valence-corrected chi connectivity index (χ1v) is 7.03. The molecule has 2 unspecified atom stereocenters. The van der Waals surface area contributed by atoms with Crippen LogP contribution in [0.15, 0.2) is 11.4 Å². The van der Waals surface area contributed by atoms with Crippen LogP contribution in [0.5, 0.6) is 0 Å². The average Bonchev–Trinajstić information content (AvgIpc) is 2.73. The zero-order valence-corrected chi connectivity index (χ0v) is 10.9. The molecule has 3 heteroatoms. The molecule has 0 aromatic carbocycles. The van der Waals surface area contributed by atoms with Crippen LogP contribution in [-0.2, 0) is 6.42 Å². The van der Waals surface area contributed by atoms with E-state index in [0.29, 0.717) is 12.0 Å². The molecule has 0 saturated heterocycles. The number of hydrogen-bond acceptors (Lipinski definition) is 3. The van der Waals surface area contributed by atoms with E-state index in [1.807, 2.05) is 11.3 Å². The van der Waals surface area contributed by atoms with Crippen LogP contribution in [0.25, 0.3) is 0 Å². The second-order valence-corrected chi connectivity index (χ2v) is 5.94. The second-order valence-electron chi connectivity index (χ2n) is 4.94. The van der Waals surface area contributed by atoms with E-state index in [2.05, 4.69) is 30.6 Å². The van der Waals surface area contributed by atoms with Gasteiger partial charge >= 0.3 is 0 Å². The molecular weight excluding hydrogens is 218 g/mol. The Morgan fingerprint density at radius 3 is 3.06 bits per heavy atom. The van der Waals surface area contributed by atoms with E-state index < -0.39 is 0 Å². The summed E-state index contributed by atoms with van der Waals surface area (Å²) < 4.78 is 0. The van der Waals surface area contributed by atoms with Crippen molar-refractivity contribution in [3.05, 3.63) is 21.9 Å². The van der Waals surface area contributed by atoms with Gasteiger partial charge in [0.1, 0.15) is 0 Å². The Balaban J connectivity index is 2.07. The molecule has 0 saturated carbocycles. The van der Waals surface area contributed by atoms with Gasteiger partial charge < -0.3 is 10.4 Å². The van der Waals surface area contributed by atoms with Crippen molar-refractivity contribution >= 4 is 11.3 Å². The highest BCUT2D eigenvalue weighted by Crippen LogP contribution is 2.33. The van der Waals surface area contributed by atoms with Crippen molar-refractivity contribution in [2.75, 3.05) is 6.61 Å². The van der Waals surface area contributed by atoms with Crippen LogP contribution in [0, 0.1) is 5.92 Å². The van der Waals surface area contributed by atoms with E-state index >= 15 is 0 Å². The van der Waals surface area contributed by atoms with Crippen LogP contribution in [0.3, 0.4) is 0 Å². The number of nitrogens with one attached hydrogen (secondary N) is 1. The van der Waals surface area contributed by atoms with Gasteiger partial charge in [0.05, 0.1) is 6.61 Å². The predicted molar refractivity (Wildman–Crippen MR) is 68.8 cm³/mol. The maximum atomic E-state index is 9.37. The SMILES string of the molecule is CC(C)C(CO)NC1CCCc2sccc21. The van der Waals surface area contributed by atoms with Gasteiger partial charge in [-0.25, -0.2) is 0 Å². The Labute approximate surface area is 102 Å². The normalized spacial score (nSPS) is 22.1. The largest absolute Gasteiger partial charge is 0.395 e. The van der Waals surface area contributed by atoms with Gasteiger partial charge in [0, 0.05) is 17.0 Å². The number of fused-ring (bicyclic) bond motifs is 1. The minimum atomic E-state index is 0.218. The van der Waals surface area contributed by atoms with Gasteiger partial charge in [-0.15, -0.1) is 11.3 Å². The maximum Gasteiger partial charge on any atom is 0.0587 e. The third kappa shape index (κ3) is 2.47. The number of thiophene rings is 1. The topological polar surface area (TPSA) is 32.3 Å². The molecule has 90 valence electrons. The minimum absolute atomic E-state index is 0.218. The third-order valence-corrected chi connectivity index (χ3v) is 4.47. The molecule has 0 spiro atoms. The molecule has 1 aromatic rings. The molecular formula is C13H21NOS. The predicted octanol–water partition coefficient (Wildman–Crippen LogP) is 2.73. The smallest absolute Gasteiger partial charge is 0.0587 e. The van der Waals surface area contributed by atoms with Crippen molar-refractivity contribution in [2.45, 2.75) is 45.2 Å². The number of hydrogen-bond donors (Lipinski definition) is 2. The van der Waals surface area contributed by atoms with Gasteiger partial charge in [0.15, 0.2) is 0 Å². The van der Waals surface area contributed by atoms with Crippen molar-refractivity contribution in [1.29, 1.82) is 0 Å². The van der Waals surface area contributed by atoms with Crippen LogP contribution >= 0.6 is 11.3 Å². The standard InChI is InChI=1S/C13H21NOS/c1-9(2)12(8-15)14-11-4-3-5-13-10(11)6-7-16-13/h6-7,9,11-12,14-15H,3-5,8H2,1-2H3. The monoisotopic (exact) mass is 239 g/mol. The van der Waals surface area contributed by atoms with Crippen molar-refractivity contribution in [3.8, 4) is 0 Å². The van der Waals surface area contributed by atoms with Gasteiger partial charge in [-0.05, 0) is 42.2 Å². The highest BCUT2D eigenvalue weighted by molar-refractivity contribution is 7.10. The summed E-state index contributed by atoms with van der Waals surface area (Å²) >= 11 is 1.87. The quantitative estimate of drug-likeness (QED) is 0.847. The first-order chi connectivity index (χ1) is 7.72. The summed E-state index contributed by atoms with van der Waals surface area (Å²) in [6.45, 7) is 4.55. The van der Waals surface area contributed by atoms with Crippen LogP contribution < -0.4 is 5.32 Å². The van der Waals surface area contributed by atoms with Gasteiger partial charge in [0.25, 0.3) is 0 Å². The summed E-state index contributed by atoms with van der Waals surface area (Å²) in [5, 5.41) is 15.2. The molecule has 1 heterocycles. The molecule has 2 atom stereocenters. The lowest BCUT2D eigenvalue weighted by atomic mass is 9.92. The fourth-order valence-electron chi connectivity index (χ4n) is 2.37. The molecule has 2 nitrogen and oxygen atoms in total. The fraction of sp³-hybridized carbons (Fsp3) is 0.692. The molecule has 1 aliphatic carbocycles. The molecule has 16 heavy (non-hydrogen) atoms. The Morgan fingerprint density at radius 1 is 1.56 bits per heavy atom. The highest BCUT2D eigenvalue weighted by Gasteiger charge is 2.24. The van der Waals surface area contributed by atoms with Gasteiger partial charge in [-0.3, -0.25) is 0 Å². The highest BCUT2D eigenvalue weighted by atomic mass is 32.1. The van der Waals surface area contributed by atoms with E-state index in [1.54, 1.807) is 0 Å². The van der Waals surface area contributed by atoms with E-state index in [-0.39, 0.29) is 12.6 Å². The Hall–Kier alpha value is -0.380. The third-order valence-electron chi connectivity index (χ3n) is 3.47. The Kier molecular flexibility index (Phi) is 4.00.